The molecule has 2 saturated heterocycles. The summed E-state index contributed by atoms with van der Waals surface area (Å²) in [6, 6.07) is 8.61. The van der Waals surface area contributed by atoms with E-state index in [1.807, 2.05) is 11.8 Å². The Bertz CT molecular complexity index is 1100. The lowest BCUT2D eigenvalue weighted by molar-refractivity contribution is -0.122. The topological polar surface area (TPSA) is 79.0 Å². The maximum Gasteiger partial charge on any atom is 0.335 e. The SMILES string of the molecule is CCOc1ccc(N2C(=O)NC(=O)/C(=C\c3cc(F)c(N4CCCC4)cc3C)C2=O)cc1. The average Bonchev–Trinajstić information content (AvgIpc) is 3.29. The maximum absolute atomic E-state index is 14.8. The van der Waals surface area contributed by atoms with Crippen LogP contribution in [0.2, 0.25) is 0 Å². The van der Waals surface area contributed by atoms with Crippen LogP contribution in [0.4, 0.5) is 20.6 Å². The van der Waals surface area contributed by atoms with Crippen molar-refractivity contribution >= 4 is 35.3 Å². The van der Waals surface area contributed by atoms with E-state index in [0.29, 0.717) is 29.3 Å². The summed E-state index contributed by atoms with van der Waals surface area (Å²) in [4.78, 5) is 40.8. The Hall–Kier alpha value is -3.68. The first kappa shape index (κ1) is 21.5. The summed E-state index contributed by atoms with van der Waals surface area (Å²) < 4.78 is 20.2. The van der Waals surface area contributed by atoms with E-state index < -0.39 is 23.7 Å². The number of barbiturate groups is 1. The van der Waals surface area contributed by atoms with Gasteiger partial charge in [-0.15, -0.1) is 0 Å². The van der Waals surface area contributed by atoms with Crippen LogP contribution in [0.5, 0.6) is 5.75 Å². The van der Waals surface area contributed by atoms with Gasteiger partial charge in [-0.1, -0.05) is 0 Å². The third-order valence-corrected chi connectivity index (χ3v) is 5.59. The number of carbonyl (C=O) groups is 3. The molecule has 0 spiro atoms. The number of nitrogens with zero attached hydrogens (tertiary/aromatic N) is 2. The number of hydrogen-bond acceptors (Lipinski definition) is 5. The van der Waals surface area contributed by atoms with E-state index in [1.54, 1.807) is 37.3 Å². The highest BCUT2D eigenvalue weighted by molar-refractivity contribution is 6.39. The number of rotatable bonds is 5. The molecule has 0 radical (unpaired) electrons. The molecule has 2 aromatic rings. The molecule has 0 aliphatic carbocycles. The zero-order valence-corrected chi connectivity index (χ0v) is 18.0. The minimum atomic E-state index is -0.839. The molecule has 2 heterocycles. The van der Waals surface area contributed by atoms with Gasteiger partial charge < -0.3 is 9.64 Å². The molecule has 2 aliphatic heterocycles. The van der Waals surface area contributed by atoms with Crippen molar-refractivity contribution in [3.8, 4) is 5.75 Å². The third-order valence-electron chi connectivity index (χ3n) is 5.59. The molecule has 2 aliphatic rings. The largest absolute Gasteiger partial charge is 0.494 e. The highest BCUT2D eigenvalue weighted by Crippen LogP contribution is 2.29. The van der Waals surface area contributed by atoms with E-state index in [9.17, 15) is 18.8 Å². The number of imide groups is 2. The van der Waals surface area contributed by atoms with Crippen LogP contribution in [-0.2, 0) is 9.59 Å². The molecule has 0 bridgehead atoms. The Morgan fingerprint density at radius 3 is 2.44 bits per heavy atom. The van der Waals surface area contributed by atoms with Gasteiger partial charge in [-0.25, -0.2) is 14.1 Å². The van der Waals surface area contributed by atoms with Gasteiger partial charge >= 0.3 is 6.03 Å². The number of urea groups is 1. The van der Waals surface area contributed by atoms with E-state index in [2.05, 4.69) is 5.32 Å². The fourth-order valence-electron chi connectivity index (χ4n) is 3.94. The van der Waals surface area contributed by atoms with Gasteiger partial charge in [0.1, 0.15) is 17.1 Å². The smallest absolute Gasteiger partial charge is 0.335 e. The van der Waals surface area contributed by atoms with Gasteiger partial charge in [0.15, 0.2) is 0 Å². The minimum Gasteiger partial charge on any atom is -0.494 e. The average molecular weight is 437 g/mol. The zero-order chi connectivity index (χ0) is 22.8. The fraction of sp³-hybridized carbons (Fsp3) is 0.292. The Morgan fingerprint density at radius 2 is 1.78 bits per heavy atom. The summed E-state index contributed by atoms with van der Waals surface area (Å²) in [6.45, 7) is 5.73. The molecule has 0 atom stereocenters. The molecule has 32 heavy (non-hydrogen) atoms. The van der Waals surface area contributed by atoms with Gasteiger partial charge in [0.05, 0.1) is 18.0 Å². The van der Waals surface area contributed by atoms with Gasteiger partial charge in [0.25, 0.3) is 11.8 Å². The number of amides is 4. The lowest BCUT2D eigenvalue weighted by Gasteiger charge is -2.26. The molecule has 8 heteroatoms. The second-order valence-electron chi connectivity index (χ2n) is 7.74. The van der Waals surface area contributed by atoms with E-state index in [-0.39, 0.29) is 5.57 Å². The van der Waals surface area contributed by atoms with Crippen LogP contribution >= 0.6 is 0 Å². The maximum atomic E-state index is 14.8. The van der Waals surface area contributed by atoms with Gasteiger partial charge in [-0.3, -0.25) is 14.9 Å². The normalized spacial score (nSPS) is 17.8. The van der Waals surface area contributed by atoms with E-state index in [1.165, 1.54) is 12.1 Å². The Morgan fingerprint density at radius 1 is 1.09 bits per heavy atom. The van der Waals surface area contributed by atoms with E-state index in [4.69, 9.17) is 4.74 Å². The van der Waals surface area contributed by atoms with Crippen LogP contribution in [-0.4, -0.2) is 37.5 Å². The standard InChI is InChI=1S/C24H24FN3O4/c1-3-32-18-8-6-17(7-9-18)28-23(30)19(22(29)26-24(28)31)13-16-14-20(25)21(12-15(16)2)27-10-4-5-11-27/h6-9,12-14H,3-5,10-11H2,1-2H3,(H,26,29,31)/b19-13+. The van der Waals surface area contributed by atoms with Crippen LogP contribution < -0.4 is 19.9 Å². The molecule has 7 nitrogen and oxygen atoms in total. The molecule has 1 N–H and O–H groups in total. The number of halogens is 1. The lowest BCUT2D eigenvalue weighted by atomic mass is 10.0. The van der Waals surface area contributed by atoms with Crippen molar-refractivity contribution < 1.29 is 23.5 Å². The van der Waals surface area contributed by atoms with Crippen molar-refractivity contribution in [1.29, 1.82) is 0 Å². The monoisotopic (exact) mass is 437 g/mol. The van der Waals surface area contributed by atoms with Crippen LogP contribution in [0.15, 0.2) is 42.0 Å². The number of nitrogens with one attached hydrogen (secondary N) is 1. The van der Waals surface area contributed by atoms with E-state index >= 15 is 0 Å². The molecule has 0 aromatic heterocycles. The second kappa shape index (κ2) is 8.82. The first-order valence-corrected chi connectivity index (χ1v) is 10.6. The van der Waals surface area contributed by atoms with Crippen LogP contribution in [0.3, 0.4) is 0 Å². The Kier molecular flexibility index (Phi) is 5.94. The van der Waals surface area contributed by atoms with Crippen molar-refractivity contribution in [1.82, 2.24) is 5.32 Å². The number of anilines is 2. The summed E-state index contributed by atoms with van der Waals surface area (Å²) in [6.07, 6.45) is 3.38. The van der Waals surface area contributed by atoms with E-state index in [0.717, 1.165) is 36.4 Å². The van der Waals surface area contributed by atoms with Crippen molar-refractivity contribution in [3.63, 3.8) is 0 Å². The summed E-state index contributed by atoms with van der Waals surface area (Å²) in [5.74, 6) is -1.40. The Balaban J connectivity index is 1.66. The number of ether oxygens (including phenoxy) is 1. The highest BCUT2D eigenvalue weighted by Gasteiger charge is 2.37. The molecule has 4 rings (SSSR count). The van der Waals surface area contributed by atoms with Gasteiger partial charge in [-0.05, 0) is 80.3 Å². The van der Waals surface area contributed by atoms with Crippen molar-refractivity contribution in [2.45, 2.75) is 26.7 Å². The van der Waals surface area contributed by atoms with Crippen LogP contribution in [0.1, 0.15) is 30.9 Å². The third kappa shape index (κ3) is 4.08. The van der Waals surface area contributed by atoms with Gasteiger partial charge in [0.2, 0.25) is 0 Å². The molecular formula is C24H24FN3O4. The lowest BCUT2D eigenvalue weighted by Crippen LogP contribution is -2.54. The van der Waals surface area contributed by atoms with Crippen molar-refractivity contribution in [2.24, 2.45) is 0 Å². The molecule has 2 aromatic carbocycles. The number of benzene rings is 2. The minimum absolute atomic E-state index is 0.241. The summed E-state index contributed by atoms with van der Waals surface area (Å²) in [5.41, 5.74) is 1.71. The molecule has 2 fully saturated rings. The predicted octanol–water partition coefficient (Wildman–Crippen LogP) is 3.80. The summed E-state index contributed by atoms with van der Waals surface area (Å²) in [5, 5.41) is 2.18. The van der Waals surface area contributed by atoms with Gasteiger partial charge in [-0.2, -0.15) is 0 Å². The molecule has 0 saturated carbocycles. The summed E-state index contributed by atoms with van der Waals surface area (Å²) in [7, 11) is 0. The van der Waals surface area contributed by atoms with Crippen LogP contribution in [0, 0.1) is 12.7 Å². The first-order chi connectivity index (χ1) is 15.4. The fourth-order valence-corrected chi connectivity index (χ4v) is 3.94. The first-order valence-electron chi connectivity index (χ1n) is 10.6. The highest BCUT2D eigenvalue weighted by atomic mass is 19.1. The molecule has 4 amide bonds. The molecule has 166 valence electrons. The number of carbonyl (C=O) groups excluding carboxylic acids is 3. The predicted molar refractivity (Wildman–Crippen MR) is 119 cm³/mol. The number of hydrogen-bond donors (Lipinski definition) is 1. The summed E-state index contributed by atoms with van der Waals surface area (Å²) >= 11 is 0. The number of aryl methyl sites for hydroxylation is 1. The van der Waals surface area contributed by atoms with Crippen LogP contribution in [0.25, 0.3) is 6.08 Å². The second-order valence-corrected chi connectivity index (χ2v) is 7.74. The zero-order valence-electron chi connectivity index (χ0n) is 18.0. The molecular weight excluding hydrogens is 413 g/mol. The molecule has 0 unspecified atom stereocenters. The van der Waals surface area contributed by atoms with Crippen molar-refractivity contribution in [3.05, 3.63) is 58.9 Å². The Labute approximate surface area is 185 Å². The quantitative estimate of drug-likeness (QED) is 0.569. The van der Waals surface area contributed by atoms with Crippen molar-refractivity contribution in [2.75, 3.05) is 29.5 Å². The van der Waals surface area contributed by atoms with Gasteiger partial charge in [0, 0.05) is 13.1 Å².